The number of carbonyl (C=O) groups excluding carboxylic acids is 1. The van der Waals surface area contributed by atoms with Gasteiger partial charge in [0, 0.05) is 12.3 Å². The number of rotatable bonds is 16. The number of carbonyl (C=O) groups is 1. The standard InChI is InChI=1S/C16H35N3O9S2/c1-15(2)16(20)17-7-9-19(5,8-6-13-27-29(21,22)23)11-10-18(3,4)12-14-28-30(24,25)26/h15H,6-14H2,1-5H3,(H-2,17,20,21,22,23,24,25,26)/p+2. The Morgan fingerprint density at radius 2 is 1.40 bits per heavy atom. The van der Waals surface area contributed by atoms with E-state index >= 15 is 0 Å². The maximum Gasteiger partial charge on any atom is 0.397 e. The molecule has 30 heavy (non-hydrogen) atoms. The lowest BCUT2D eigenvalue weighted by Crippen LogP contribution is -2.56. The first-order chi connectivity index (χ1) is 13.4. The Labute approximate surface area is 180 Å². The van der Waals surface area contributed by atoms with E-state index in [-0.39, 0.29) is 25.0 Å². The van der Waals surface area contributed by atoms with E-state index in [1.165, 1.54) is 0 Å². The highest BCUT2D eigenvalue weighted by Gasteiger charge is 2.27. The van der Waals surface area contributed by atoms with Crippen molar-refractivity contribution in [3.63, 3.8) is 0 Å². The van der Waals surface area contributed by atoms with Crippen molar-refractivity contribution in [3.8, 4) is 0 Å². The van der Waals surface area contributed by atoms with E-state index < -0.39 is 20.8 Å². The van der Waals surface area contributed by atoms with Crippen LogP contribution in [0.4, 0.5) is 0 Å². The molecule has 180 valence electrons. The Morgan fingerprint density at radius 3 is 1.90 bits per heavy atom. The van der Waals surface area contributed by atoms with Crippen LogP contribution in [0.2, 0.25) is 0 Å². The summed E-state index contributed by atoms with van der Waals surface area (Å²) in [5.41, 5.74) is 0. The third-order valence-corrected chi connectivity index (χ3v) is 5.65. The van der Waals surface area contributed by atoms with Gasteiger partial charge in [0.15, 0.2) is 0 Å². The Hall–Kier alpha value is -0.870. The molecular weight excluding hydrogens is 442 g/mol. The van der Waals surface area contributed by atoms with Crippen molar-refractivity contribution in [1.82, 2.24) is 5.32 Å². The van der Waals surface area contributed by atoms with E-state index in [2.05, 4.69) is 13.7 Å². The number of hydrogen-bond donors (Lipinski definition) is 3. The molecule has 0 fully saturated rings. The molecule has 0 rings (SSSR count). The first-order valence-corrected chi connectivity index (χ1v) is 12.3. The van der Waals surface area contributed by atoms with Crippen LogP contribution in [0.3, 0.4) is 0 Å². The topological polar surface area (TPSA) is 156 Å². The van der Waals surface area contributed by atoms with E-state index in [9.17, 15) is 21.6 Å². The maximum atomic E-state index is 11.8. The van der Waals surface area contributed by atoms with E-state index in [4.69, 9.17) is 9.11 Å². The van der Waals surface area contributed by atoms with Crippen LogP contribution in [0.5, 0.6) is 0 Å². The highest BCUT2D eigenvalue weighted by atomic mass is 32.3. The summed E-state index contributed by atoms with van der Waals surface area (Å²) >= 11 is 0. The summed E-state index contributed by atoms with van der Waals surface area (Å²) in [6, 6.07) is 0. The lowest BCUT2D eigenvalue weighted by molar-refractivity contribution is -0.955. The van der Waals surface area contributed by atoms with Crippen molar-refractivity contribution in [2.45, 2.75) is 20.3 Å². The zero-order chi connectivity index (χ0) is 23.6. The summed E-state index contributed by atoms with van der Waals surface area (Å²) in [6.45, 7) is 6.44. The molecule has 0 bridgehead atoms. The third-order valence-electron chi connectivity index (χ3n) is 4.72. The van der Waals surface area contributed by atoms with E-state index in [0.717, 1.165) is 0 Å². The van der Waals surface area contributed by atoms with Gasteiger partial charge in [-0.25, -0.2) is 8.37 Å². The molecule has 1 unspecified atom stereocenters. The molecule has 0 spiro atoms. The molecule has 0 heterocycles. The average molecular weight is 480 g/mol. The van der Waals surface area contributed by atoms with Gasteiger partial charge >= 0.3 is 20.8 Å². The molecule has 0 radical (unpaired) electrons. The molecule has 12 nitrogen and oxygen atoms in total. The van der Waals surface area contributed by atoms with Crippen molar-refractivity contribution in [1.29, 1.82) is 0 Å². The van der Waals surface area contributed by atoms with Crippen LogP contribution >= 0.6 is 0 Å². The second kappa shape index (κ2) is 12.2. The molecule has 0 saturated heterocycles. The molecule has 14 heteroatoms. The molecule has 0 aromatic rings. The summed E-state index contributed by atoms with van der Waals surface area (Å²) < 4.78 is 69.8. The molecule has 0 aliphatic rings. The number of amides is 1. The Kier molecular flexibility index (Phi) is 11.9. The lowest BCUT2D eigenvalue weighted by Gasteiger charge is -2.38. The van der Waals surface area contributed by atoms with Gasteiger partial charge < -0.3 is 14.3 Å². The van der Waals surface area contributed by atoms with Gasteiger partial charge in [0.2, 0.25) is 5.91 Å². The summed E-state index contributed by atoms with van der Waals surface area (Å²) in [7, 11) is -3.23. The minimum Gasteiger partial charge on any atom is -0.350 e. The van der Waals surface area contributed by atoms with Crippen LogP contribution < -0.4 is 5.32 Å². The van der Waals surface area contributed by atoms with Gasteiger partial charge in [-0.2, -0.15) is 16.8 Å². The largest absolute Gasteiger partial charge is 0.397 e. The number of quaternary nitrogens is 2. The molecule has 1 atom stereocenters. The maximum absolute atomic E-state index is 11.8. The second-order valence-corrected chi connectivity index (χ2v) is 10.7. The predicted octanol–water partition coefficient (Wildman–Crippen LogP) is -0.689. The first kappa shape index (κ1) is 29.1. The van der Waals surface area contributed by atoms with Crippen LogP contribution in [0.25, 0.3) is 0 Å². The summed E-state index contributed by atoms with van der Waals surface area (Å²) in [6.07, 6.45) is 0.369. The molecule has 0 aromatic carbocycles. The lowest BCUT2D eigenvalue weighted by atomic mass is 10.2. The van der Waals surface area contributed by atoms with E-state index in [1.54, 1.807) is 13.8 Å². The van der Waals surface area contributed by atoms with Gasteiger partial charge in [0.25, 0.3) is 0 Å². The molecule has 0 aliphatic heterocycles. The summed E-state index contributed by atoms with van der Waals surface area (Å²) in [4.78, 5) is 11.8. The molecule has 1 amide bonds. The number of hydrogen-bond acceptors (Lipinski definition) is 7. The molecule has 0 aliphatic carbocycles. The average Bonchev–Trinajstić information content (AvgIpc) is 2.55. The fraction of sp³-hybridized carbons (Fsp3) is 0.938. The van der Waals surface area contributed by atoms with Gasteiger partial charge in [-0.1, -0.05) is 13.8 Å². The monoisotopic (exact) mass is 479 g/mol. The Bertz CT molecular complexity index is 739. The van der Waals surface area contributed by atoms with Crippen molar-refractivity contribution in [2.75, 3.05) is 73.6 Å². The quantitative estimate of drug-likeness (QED) is 0.148. The Morgan fingerprint density at radius 1 is 0.867 bits per heavy atom. The van der Waals surface area contributed by atoms with Crippen LogP contribution in [0.15, 0.2) is 0 Å². The Balaban J connectivity index is 4.84. The normalized spacial score (nSPS) is 15.2. The minimum absolute atomic E-state index is 0.0604. The van der Waals surface area contributed by atoms with E-state index in [1.807, 2.05) is 21.1 Å². The van der Waals surface area contributed by atoms with Gasteiger partial charge in [0.05, 0.1) is 47.4 Å². The van der Waals surface area contributed by atoms with Gasteiger partial charge in [-0.15, -0.1) is 0 Å². The molecule has 3 N–H and O–H groups in total. The van der Waals surface area contributed by atoms with E-state index in [0.29, 0.717) is 54.7 Å². The predicted molar refractivity (Wildman–Crippen MR) is 110 cm³/mol. The number of likely N-dealkylation sites (N-methyl/N-ethyl adjacent to an activating group) is 2. The third kappa shape index (κ3) is 15.9. The van der Waals surface area contributed by atoms with Crippen LogP contribution in [-0.4, -0.2) is 114 Å². The molecule has 0 saturated carbocycles. The van der Waals surface area contributed by atoms with Gasteiger partial charge in [-0.05, 0) is 0 Å². The number of nitrogens with one attached hydrogen (secondary N) is 1. The van der Waals surface area contributed by atoms with Gasteiger partial charge in [0.1, 0.15) is 26.2 Å². The molecular formula is C16H37N3O9S2+2. The second-order valence-electron chi connectivity index (χ2n) is 8.47. The smallest absolute Gasteiger partial charge is 0.350 e. The van der Waals surface area contributed by atoms with Crippen molar-refractivity contribution in [2.24, 2.45) is 5.92 Å². The fourth-order valence-corrected chi connectivity index (χ4v) is 3.23. The van der Waals surface area contributed by atoms with Crippen molar-refractivity contribution in [3.05, 3.63) is 0 Å². The summed E-state index contributed by atoms with van der Waals surface area (Å²) in [5, 5.41) is 2.86. The summed E-state index contributed by atoms with van der Waals surface area (Å²) in [5.74, 6) is -0.194. The van der Waals surface area contributed by atoms with Crippen molar-refractivity contribution < 1.29 is 48.1 Å². The first-order valence-electron chi connectivity index (χ1n) is 9.62. The fourth-order valence-electron chi connectivity index (χ4n) is 2.61. The SMILES string of the molecule is CC(C)C(=O)NCC[N+](C)(CCCOS(=O)(=O)O)CC[N+](C)(C)CCOS(=O)(=O)O. The highest BCUT2D eigenvalue weighted by Crippen LogP contribution is 2.08. The van der Waals surface area contributed by atoms with Crippen LogP contribution in [-0.2, 0) is 34.0 Å². The number of nitrogens with zero attached hydrogens (tertiary/aromatic N) is 2. The van der Waals surface area contributed by atoms with Gasteiger partial charge in [-0.3, -0.25) is 13.9 Å². The zero-order valence-electron chi connectivity index (χ0n) is 18.4. The zero-order valence-corrected chi connectivity index (χ0v) is 20.0. The minimum atomic E-state index is -4.49. The van der Waals surface area contributed by atoms with Crippen LogP contribution in [0, 0.1) is 5.92 Å². The molecule has 0 aromatic heterocycles. The van der Waals surface area contributed by atoms with Crippen LogP contribution in [0.1, 0.15) is 20.3 Å². The van der Waals surface area contributed by atoms with Crippen molar-refractivity contribution >= 4 is 26.7 Å². The highest BCUT2D eigenvalue weighted by molar-refractivity contribution is 7.81.